The summed E-state index contributed by atoms with van der Waals surface area (Å²) >= 11 is 1.34. The molecule has 0 atom stereocenters. The lowest BCUT2D eigenvalue weighted by Crippen LogP contribution is -2.02. The molecule has 0 fully saturated rings. The van der Waals surface area contributed by atoms with E-state index >= 15 is 0 Å². The molecule has 0 spiro atoms. The molecule has 102 valence electrons. The highest BCUT2D eigenvalue weighted by molar-refractivity contribution is 7.16. The van der Waals surface area contributed by atoms with E-state index in [-0.39, 0.29) is 17.5 Å². The van der Waals surface area contributed by atoms with Crippen LogP contribution in [-0.4, -0.2) is 9.97 Å². The fraction of sp³-hybridized carbons (Fsp3) is 0. The van der Waals surface area contributed by atoms with Gasteiger partial charge in [-0.2, -0.15) is 4.98 Å². The molecule has 0 radical (unpaired) electrons. The third kappa shape index (κ3) is 2.14. The summed E-state index contributed by atoms with van der Waals surface area (Å²) in [7, 11) is 0. The van der Waals surface area contributed by atoms with Gasteiger partial charge < -0.3 is 11.1 Å². The van der Waals surface area contributed by atoms with Crippen LogP contribution in [0.25, 0.3) is 10.2 Å². The zero-order chi connectivity index (χ0) is 14.3. The van der Waals surface area contributed by atoms with Crippen LogP contribution in [0, 0.1) is 17.5 Å². The maximum atomic E-state index is 13.6. The van der Waals surface area contributed by atoms with Crippen LogP contribution in [0.2, 0.25) is 0 Å². The summed E-state index contributed by atoms with van der Waals surface area (Å²) < 4.78 is 39.6. The molecule has 0 unspecified atom stereocenters. The van der Waals surface area contributed by atoms with Crippen molar-refractivity contribution in [2.24, 2.45) is 0 Å². The van der Waals surface area contributed by atoms with Crippen molar-refractivity contribution in [3.63, 3.8) is 0 Å². The molecule has 0 aliphatic heterocycles. The number of rotatable bonds is 2. The molecule has 0 aliphatic rings. The van der Waals surface area contributed by atoms with E-state index in [1.807, 2.05) is 0 Å². The summed E-state index contributed by atoms with van der Waals surface area (Å²) in [6, 6.07) is 2.91. The van der Waals surface area contributed by atoms with Crippen LogP contribution < -0.4 is 11.1 Å². The maximum Gasteiger partial charge on any atom is 0.223 e. The Kier molecular flexibility index (Phi) is 2.94. The van der Waals surface area contributed by atoms with Crippen molar-refractivity contribution < 1.29 is 13.2 Å². The molecule has 0 bridgehead atoms. The molecular weight excluding hydrogens is 289 g/mol. The van der Waals surface area contributed by atoms with Crippen LogP contribution in [0.5, 0.6) is 0 Å². The highest BCUT2D eigenvalue weighted by atomic mass is 32.1. The second-order valence-corrected chi connectivity index (χ2v) is 4.84. The van der Waals surface area contributed by atoms with E-state index in [1.165, 1.54) is 11.3 Å². The summed E-state index contributed by atoms with van der Waals surface area (Å²) in [5.74, 6) is -3.10. The van der Waals surface area contributed by atoms with Crippen molar-refractivity contribution in [1.82, 2.24) is 9.97 Å². The van der Waals surface area contributed by atoms with Crippen LogP contribution >= 0.6 is 11.3 Å². The predicted molar refractivity (Wildman–Crippen MR) is 71.4 cm³/mol. The molecule has 1 aromatic carbocycles. The minimum absolute atomic E-state index is 0.00504. The first-order valence-corrected chi connectivity index (χ1v) is 6.35. The Labute approximate surface area is 115 Å². The molecule has 3 aromatic rings. The van der Waals surface area contributed by atoms with Crippen LogP contribution in [0.15, 0.2) is 23.6 Å². The van der Waals surface area contributed by atoms with Crippen molar-refractivity contribution in [2.45, 2.75) is 0 Å². The monoisotopic (exact) mass is 296 g/mol. The standard InChI is InChI=1S/C12H7F3N4S/c13-6-3-8(15)9(4-7(6)14)17-10-5-1-2-20-11(5)19-12(16)18-10/h1-4H,(H3,16,17,18,19). The Balaban J connectivity index is 2.09. The fourth-order valence-electron chi connectivity index (χ4n) is 1.71. The highest BCUT2D eigenvalue weighted by Crippen LogP contribution is 2.29. The van der Waals surface area contributed by atoms with Gasteiger partial charge in [0.15, 0.2) is 11.6 Å². The lowest BCUT2D eigenvalue weighted by molar-refractivity contribution is 0.496. The van der Waals surface area contributed by atoms with E-state index in [1.54, 1.807) is 11.4 Å². The SMILES string of the molecule is Nc1nc(Nc2cc(F)c(F)cc2F)c2ccsc2n1. The smallest absolute Gasteiger partial charge is 0.223 e. The third-order valence-electron chi connectivity index (χ3n) is 2.61. The first-order chi connectivity index (χ1) is 9.54. The second kappa shape index (κ2) is 4.64. The minimum Gasteiger partial charge on any atom is -0.368 e. The molecule has 4 nitrogen and oxygen atoms in total. The number of nitrogens with zero attached hydrogens (tertiary/aromatic N) is 2. The summed E-state index contributed by atoms with van der Waals surface area (Å²) in [5, 5.41) is 4.99. The van der Waals surface area contributed by atoms with Crippen molar-refractivity contribution in [3.8, 4) is 0 Å². The predicted octanol–water partition coefficient (Wildman–Crippen LogP) is 3.43. The zero-order valence-corrected chi connectivity index (χ0v) is 10.6. The molecule has 2 aromatic heterocycles. The molecule has 8 heteroatoms. The van der Waals surface area contributed by atoms with E-state index in [2.05, 4.69) is 15.3 Å². The van der Waals surface area contributed by atoms with Crippen molar-refractivity contribution in [1.29, 1.82) is 0 Å². The number of hydrogen-bond acceptors (Lipinski definition) is 5. The number of thiophene rings is 1. The minimum atomic E-state index is -1.25. The summed E-state index contributed by atoms with van der Waals surface area (Å²) in [4.78, 5) is 8.56. The van der Waals surface area contributed by atoms with Crippen LogP contribution in [-0.2, 0) is 0 Å². The van der Waals surface area contributed by atoms with Gasteiger partial charge in [0.1, 0.15) is 16.5 Å². The Morgan fingerprint density at radius 3 is 2.60 bits per heavy atom. The Hall–Kier alpha value is -2.35. The molecule has 20 heavy (non-hydrogen) atoms. The normalized spacial score (nSPS) is 10.9. The topological polar surface area (TPSA) is 63.8 Å². The van der Waals surface area contributed by atoms with Crippen LogP contribution in [0.1, 0.15) is 0 Å². The summed E-state index contributed by atoms with van der Waals surface area (Å²) in [5.41, 5.74) is 5.32. The molecule has 2 heterocycles. The molecule has 3 rings (SSSR count). The number of halogens is 3. The number of anilines is 3. The van der Waals surface area contributed by atoms with Crippen molar-refractivity contribution in [3.05, 3.63) is 41.0 Å². The van der Waals surface area contributed by atoms with E-state index in [0.29, 0.717) is 16.3 Å². The number of fused-ring (bicyclic) bond motifs is 1. The van der Waals surface area contributed by atoms with Gasteiger partial charge in [0.25, 0.3) is 0 Å². The second-order valence-electron chi connectivity index (χ2n) is 3.94. The van der Waals surface area contributed by atoms with E-state index in [4.69, 9.17) is 5.73 Å². The van der Waals surface area contributed by atoms with E-state index in [9.17, 15) is 13.2 Å². The molecule has 0 amide bonds. The Morgan fingerprint density at radius 1 is 1.05 bits per heavy atom. The molecular formula is C12H7F3N4S. The number of aromatic nitrogens is 2. The summed E-state index contributed by atoms with van der Waals surface area (Å²) in [6.07, 6.45) is 0. The Bertz CT molecular complexity index is 803. The van der Waals surface area contributed by atoms with E-state index < -0.39 is 17.5 Å². The maximum absolute atomic E-state index is 13.6. The average Bonchev–Trinajstić information content (AvgIpc) is 2.84. The van der Waals surface area contributed by atoms with Gasteiger partial charge in [-0.15, -0.1) is 11.3 Å². The van der Waals surface area contributed by atoms with Gasteiger partial charge in [-0.05, 0) is 11.4 Å². The molecule has 0 saturated heterocycles. The van der Waals surface area contributed by atoms with Crippen LogP contribution in [0.4, 0.5) is 30.6 Å². The highest BCUT2D eigenvalue weighted by Gasteiger charge is 2.13. The first kappa shape index (κ1) is 12.7. The van der Waals surface area contributed by atoms with Gasteiger partial charge in [-0.3, -0.25) is 0 Å². The average molecular weight is 296 g/mol. The number of nitrogens with one attached hydrogen (secondary N) is 1. The fourth-order valence-corrected chi connectivity index (χ4v) is 2.48. The largest absolute Gasteiger partial charge is 0.368 e. The number of benzene rings is 1. The lowest BCUT2D eigenvalue weighted by atomic mass is 10.2. The zero-order valence-electron chi connectivity index (χ0n) is 9.82. The van der Waals surface area contributed by atoms with Crippen molar-refractivity contribution >= 4 is 39.0 Å². The first-order valence-electron chi connectivity index (χ1n) is 5.47. The quantitative estimate of drug-likeness (QED) is 0.711. The third-order valence-corrected chi connectivity index (χ3v) is 3.41. The number of nitrogens with two attached hydrogens (primary N) is 1. The van der Waals surface area contributed by atoms with Gasteiger partial charge in [0, 0.05) is 12.1 Å². The lowest BCUT2D eigenvalue weighted by Gasteiger charge is -2.09. The molecule has 3 N–H and O–H groups in total. The summed E-state index contributed by atoms with van der Waals surface area (Å²) in [6.45, 7) is 0. The number of nitrogen functional groups attached to an aromatic ring is 1. The van der Waals surface area contributed by atoms with Gasteiger partial charge in [-0.1, -0.05) is 0 Å². The van der Waals surface area contributed by atoms with Gasteiger partial charge in [0.2, 0.25) is 5.95 Å². The molecule has 0 saturated carbocycles. The van der Waals surface area contributed by atoms with E-state index in [0.717, 1.165) is 6.07 Å². The van der Waals surface area contributed by atoms with Crippen LogP contribution in [0.3, 0.4) is 0 Å². The van der Waals surface area contributed by atoms with Gasteiger partial charge >= 0.3 is 0 Å². The van der Waals surface area contributed by atoms with Gasteiger partial charge in [-0.25, -0.2) is 18.2 Å². The number of hydrogen-bond donors (Lipinski definition) is 2. The molecule has 0 aliphatic carbocycles. The van der Waals surface area contributed by atoms with Gasteiger partial charge in [0.05, 0.1) is 11.1 Å². The Morgan fingerprint density at radius 2 is 1.80 bits per heavy atom. The van der Waals surface area contributed by atoms with Crippen molar-refractivity contribution in [2.75, 3.05) is 11.1 Å².